The Hall–Kier alpha value is -2.43. The van der Waals surface area contributed by atoms with Crippen molar-refractivity contribution in [3.05, 3.63) is 64.3 Å². The van der Waals surface area contributed by atoms with Crippen LogP contribution < -0.4 is 4.90 Å². The minimum atomic E-state index is -0.437. The van der Waals surface area contributed by atoms with E-state index in [2.05, 4.69) is 28.9 Å². The number of nitro groups is 1. The van der Waals surface area contributed by atoms with Crippen molar-refractivity contribution in [1.29, 1.82) is 0 Å². The Morgan fingerprint density at radius 2 is 1.95 bits per heavy atom. The van der Waals surface area contributed by atoms with Gasteiger partial charge in [0.25, 0.3) is 5.69 Å². The standard InChI is InChI=1S/C15H17N3O2/c1-3-17(12(2)13-7-5-4-6-8-13)15-10-9-14(11-16-15)18(19)20/h4-12H,3H2,1-2H3/t12-/m0/s1. The molecule has 0 aliphatic rings. The van der Waals surface area contributed by atoms with Crippen LogP contribution in [0.25, 0.3) is 0 Å². The zero-order valence-electron chi connectivity index (χ0n) is 11.6. The van der Waals surface area contributed by atoms with Crippen molar-refractivity contribution in [2.75, 3.05) is 11.4 Å². The molecule has 5 heteroatoms. The first-order valence-corrected chi connectivity index (χ1v) is 6.55. The molecule has 0 aliphatic heterocycles. The third-order valence-corrected chi connectivity index (χ3v) is 3.33. The van der Waals surface area contributed by atoms with Gasteiger partial charge in [0, 0.05) is 12.6 Å². The van der Waals surface area contributed by atoms with Gasteiger partial charge in [-0.3, -0.25) is 10.1 Å². The first-order chi connectivity index (χ1) is 9.63. The number of pyridine rings is 1. The molecule has 0 bridgehead atoms. The highest BCUT2D eigenvalue weighted by Crippen LogP contribution is 2.25. The van der Waals surface area contributed by atoms with E-state index in [1.807, 2.05) is 25.1 Å². The van der Waals surface area contributed by atoms with Crippen molar-refractivity contribution in [3.63, 3.8) is 0 Å². The molecule has 104 valence electrons. The maximum Gasteiger partial charge on any atom is 0.287 e. The molecule has 1 aromatic carbocycles. The second kappa shape index (κ2) is 6.14. The van der Waals surface area contributed by atoms with Crippen molar-refractivity contribution < 1.29 is 4.92 Å². The number of anilines is 1. The van der Waals surface area contributed by atoms with Crippen molar-refractivity contribution in [2.45, 2.75) is 19.9 Å². The van der Waals surface area contributed by atoms with E-state index >= 15 is 0 Å². The van der Waals surface area contributed by atoms with Gasteiger partial charge in [0.2, 0.25) is 0 Å². The van der Waals surface area contributed by atoms with E-state index < -0.39 is 4.92 Å². The summed E-state index contributed by atoms with van der Waals surface area (Å²) in [6.07, 6.45) is 1.30. The van der Waals surface area contributed by atoms with E-state index in [9.17, 15) is 10.1 Å². The quantitative estimate of drug-likeness (QED) is 0.616. The average molecular weight is 271 g/mol. The molecule has 0 fully saturated rings. The Morgan fingerprint density at radius 3 is 2.45 bits per heavy atom. The molecule has 1 heterocycles. The highest BCUT2D eigenvalue weighted by molar-refractivity contribution is 5.45. The summed E-state index contributed by atoms with van der Waals surface area (Å²) in [6, 6.07) is 13.5. The van der Waals surface area contributed by atoms with Crippen LogP contribution in [0.3, 0.4) is 0 Å². The third kappa shape index (κ3) is 2.93. The summed E-state index contributed by atoms with van der Waals surface area (Å²) in [5.41, 5.74) is 1.20. The molecule has 0 aliphatic carbocycles. The Labute approximate surface area is 118 Å². The number of nitrogens with zero attached hydrogens (tertiary/aromatic N) is 3. The van der Waals surface area contributed by atoms with Gasteiger partial charge in [-0.1, -0.05) is 30.3 Å². The van der Waals surface area contributed by atoms with E-state index in [1.165, 1.54) is 17.8 Å². The lowest BCUT2D eigenvalue weighted by atomic mass is 10.1. The highest BCUT2D eigenvalue weighted by atomic mass is 16.6. The molecule has 0 N–H and O–H groups in total. The van der Waals surface area contributed by atoms with Crippen LogP contribution in [0.1, 0.15) is 25.5 Å². The van der Waals surface area contributed by atoms with Crippen molar-refractivity contribution in [3.8, 4) is 0 Å². The summed E-state index contributed by atoms with van der Waals surface area (Å²) in [5.74, 6) is 0.745. The van der Waals surface area contributed by atoms with Crippen LogP contribution in [0.15, 0.2) is 48.7 Å². The van der Waals surface area contributed by atoms with E-state index in [0.29, 0.717) is 0 Å². The van der Waals surface area contributed by atoms with E-state index in [0.717, 1.165) is 12.4 Å². The molecule has 0 saturated heterocycles. The van der Waals surface area contributed by atoms with Crippen LogP contribution in [-0.2, 0) is 0 Å². The monoisotopic (exact) mass is 271 g/mol. The van der Waals surface area contributed by atoms with Gasteiger partial charge >= 0.3 is 0 Å². The smallest absolute Gasteiger partial charge is 0.287 e. The molecule has 0 saturated carbocycles. The summed E-state index contributed by atoms with van der Waals surface area (Å²) in [6.45, 7) is 4.92. The van der Waals surface area contributed by atoms with E-state index in [1.54, 1.807) is 6.07 Å². The fourth-order valence-corrected chi connectivity index (χ4v) is 2.20. The first kappa shape index (κ1) is 14.0. The van der Waals surface area contributed by atoms with Crippen molar-refractivity contribution >= 4 is 11.5 Å². The summed E-state index contributed by atoms with van der Waals surface area (Å²) in [7, 11) is 0. The number of hydrogen-bond donors (Lipinski definition) is 0. The predicted molar refractivity (Wildman–Crippen MR) is 78.8 cm³/mol. The molecule has 0 amide bonds. The number of benzene rings is 1. The second-order valence-corrected chi connectivity index (χ2v) is 4.50. The Balaban J connectivity index is 2.25. The molecular formula is C15H17N3O2. The Kier molecular flexibility index (Phi) is 4.30. The van der Waals surface area contributed by atoms with Crippen LogP contribution in [0.5, 0.6) is 0 Å². The summed E-state index contributed by atoms with van der Waals surface area (Å²) < 4.78 is 0. The van der Waals surface area contributed by atoms with Gasteiger partial charge in [-0.2, -0.15) is 0 Å². The molecule has 1 atom stereocenters. The van der Waals surface area contributed by atoms with Crippen LogP contribution in [-0.4, -0.2) is 16.5 Å². The molecular weight excluding hydrogens is 254 g/mol. The van der Waals surface area contributed by atoms with Crippen molar-refractivity contribution in [1.82, 2.24) is 4.98 Å². The Morgan fingerprint density at radius 1 is 1.25 bits per heavy atom. The minimum absolute atomic E-state index is 0.0113. The van der Waals surface area contributed by atoms with E-state index in [4.69, 9.17) is 0 Å². The van der Waals surface area contributed by atoms with Gasteiger partial charge in [0.05, 0.1) is 11.0 Å². The molecule has 0 unspecified atom stereocenters. The summed E-state index contributed by atoms with van der Waals surface area (Å²) in [4.78, 5) is 16.5. The normalized spacial score (nSPS) is 11.9. The van der Waals surface area contributed by atoms with Crippen LogP contribution in [0, 0.1) is 10.1 Å². The largest absolute Gasteiger partial charge is 0.350 e. The average Bonchev–Trinajstić information content (AvgIpc) is 2.49. The fourth-order valence-electron chi connectivity index (χ4n) is 2.20. The lowest BCUT2D eigenvalue weighted by Gasteiger charge is -2.29. The van der Waals surface area contributed by atoms with Gasteiger partial charge in [0.15, 0.2) is 0 Å². The maximum atomic E-state index is 10.7. The Bertz CT molecular complexity index is 569. The number of rotatable bonds is 5. The number of aromatic nitrogens is 1. The minimum Gasteiger partial charge on any atom is -0.350 e. The van der Waals surface area contributed by atoms with Gasteiger partial charge in [-0.15, -0.1) is 0 Å². The molecule has 5 nitrogen and oxygen atoms in total. The van der Waals surface area contributed by atoms with Crippen LogP contribution in [0.2, 0.25) is 0 Å². The van der Waals surface area contributed by atoms with Gasteiger partial charge in [-0.05, 0) is 25.5 Å². The summed E-state index contributed by atoms with van der Waals surface area (Å²) in [5, 5.41) is 10.7. The molecule has 2 rings (SSSR count). The second-order valence-electron chi connectivity index (χ2n) is 4.50. The fraction of sp³-hybridized carbons (Fsp3) is 0.267. The maximum absolute atomic E-state index is 10.7. The zero-order valence-corrected chi connectivity index (χ0v) is 11.6. The van der Waals surface area contributed by atoms with E-state index in [-0.39, 0.29) is 11.7 Å². The molecule has 0 spiro atoms. The summed E-state index contributed by atoms with van der Waals surface area (Å²) >= 11 is 0. The van der Waals surface area contributed by atoms with Crippen molar-refractivity contribution in [2.24, 2.45) is 0 Å². The van der Waals surface area contributed by atoms with Gasteiger partial charge in [-0.25, -0.2) is 4.98 Å². The topological polar surface area (TPSA) is 59.3 Å². The zero-order chi connectivity index (χ0) is 14.5. The first-order valence-electron chi connectivity index (χ1n) is 6.55. The molecule has 1 aromatic heterocycles. The lowest BCUT2D eigenvalue weighted by molar-refractivity contribution is -0.385. The molecule has 0 radical (unpaired) electrons. The van der Waals surface area contributed by atoms with Gasteiger partial charge < -0.3 is 4.90 Å². The van der Waals surface area contributed by atoms with Gasteiger partial charge in [0.1, 0.15) is 12.0 Å². The SMILES string of the molecule is CCN(c1ccc([N+](=O)[O-])cn1)[C@@H](C)c1ccccc1. The highest BCUT2D eigenvalue weighted by Gasteiger charge is 2.16. The van der Waals surface area contributed by atoms with Crippen LogP contribution in [0.4, 0.5) is 11.5 Å². The number of hydrogen-bond acceptors (Lipinski definition) is 4. The van der Waals surface area contributed by atoms with Crippen LogP contribution >= 0.6 is 0 Å². The lowest BCUT2D eigenvalue weighted by Crippen LogP contribution is -2.27. The molecule has 2 aromatic rings. The third-order valence-electron chi connectivity index (χ3n) is 3.33. The molecule has 20 heavy (non-hydrogen) atoms. The predicted octanol–water partition coefficient (Wildman–Crippen LogP) is 3.58.